The van der Waals surface area contributed by atoms with Gasteiger partial charge in [-0.05, 0) is 36.6 Å². The fourth-order valence-electron chi connectivity index (χ4n) is 1.38. The molecule has 1 amide bonds. The highest BCUT2D eigenvalue weighted by Gasteiger charge is 2.33. The predicted octanol–water partition coefficient (Wildman–Crippen LogP) is 1.96. The smallest absolute Gasteiger partial charge is 0.251 e. The number of hydrogen-bond donors (Lipinski definition) is 1. The molecule has 2 atom stereocenters. The van der Waals surface area contributed by atoms with Crippen molar-refractivity contribution < 1.29 is 9.18 Å². The van der Waals surface area contributed by atoms with Crippen molar-refractivity contribution in [3.05, 3.63) is 35.6 Å². The Bertz CT molecular complexity index is 347. The molecule has 14 heavy (non-hydrogen) atoms. The summed E-state index contributed by atoms with van der Waals surface area (Å²) in [6.45, 7) is 2.09. The second-order valence-electron chi connectivity index (χ2n) is 3.80. The van der Waals surface area contributed by atoms with Gasteiger partial charge in [0.1, 0.15) is 5.82 Å². The molecule has 1 aromatic carbocycles. The Kier molecular flexibility index (Phi) is 2.23. The molecule has 0 saturated heterocycles. The molecule has 74 valence electrons. The average Bonchev–Trinajstić information content (AvgIpc) is 2.82. The van der Waals surface area contributed by atoms with Crippen molar-refractivity contribution >= 4 is 5.91 Å². The van der Waals surface area contributed by atoms with Crippen LogP contribution in [0.5, 0.6) is 0 Å². The molecule has 0 aromatic heterocycles. The van der Waals surface area contributed by atoms with Crippen LogP contribution in [0, 0.1) is 11.7 Å². The lowest BCUT2D eigenvalue weighted by molar-refractivity contribution is 0.0949. The zero-order valence-electron chi connectivity index (χ0n) is 7.96. The van der Waals surface area contributed by atoms with Crippen molar-refractivity contribution in [2.45, 2.75) is 19.4 Å². The third-order valence-corrected chi connectivity index (χ3v) is 2.53. The number of rotatable bonds is 2. The Morgan fingerprint density at radius 2 is 2.00 bits per heavy atom. The molecule has 1 N–H and O–H groups in total. The number of halogens is 1. The first kappa shape index (κ1) is 9.19. The van der Waals surface area contributed by atoms with E-state index in [4.69, 9.17) is 0 Å². The first-order valence-corrected chi connectivity index (χ1v) is 4.73. The number of nitrogens with one attached hydrogen (secondary N) is 1. The maximum Gasteiger partial charge on any atom is 0.251 e. The van der Waals surface area contributed by atoms with Crippen molar-refractivity contribution in [2.24, 2.45) is 5.92 Å². The van der Waals surface area contributed by atoms with Gasteiger partial charge in [0, 0.05) is 11.6 Å². The monoisotopic (exact) mass is 193 g/mol. The molecule has 1 aliphatic rings. The van der Waals surface area contributed by atoms with Crippen LogP contribution in [-0.4, -0.2) is 11.9 Å². The second kappa shape index (κ2) is 3.40. The van der Waals surface area contributed by atoms with Crippen LogP contribution in [0.25, 0.3) is 0 Å². The molecular formula is C11H12FNO. The summed E-state index contributed by atoms with van der Waals surface area (Å²) in [7, 11) is 0. The van der Waals surface area contributed by atoms with Gasteiger partial charge in [-0.3, -0.25) is 4.79 Å². The summed E-state index contributed by atoms with van der Waals surface area (Å²) in [5.41, 5.74) is 0.519. The Labute approximate surface area is 82.1 Å². The van der Waals surface area contributed by atoms with Gasteiger partial charge >= 0.3 is 0 Å². The summed E-state index contributed by atoms with van der Waals surface area (Å²) in [4.78, 5) is 11.5. The third kappa shape index (κ3) is 1.92. The molecule has 1 aliphatic carbocycles. The molecule has 1 saturated carbocycles. The lowest BCUT2D eigenvalue weighted by Crippen LogP contribution is -2.26. The standard InChI is InChI=1S/C11H12FNO/c1-7-6-10(7)13-11(14)8-2-4-9(12)5-3-8/h2-5,7,10H,6H2,1H3,(H,13,14). The summed E-state index contributed by atoms with van der Waals surface area (Å²) in [5.74, 6) is 0.153. The average molecular weight is 193 g/mol. The summed E-state index contributed by atoms with van der Waals surface area (Å²) >= 11 is 0. The molecule has 0 heterocycles. The summed E-state index contributed by atoms with van der Waals surface area (Å²) < 4.78 is 12.6. The van der Waals surface area contributed by atoms with Gasteiger partial charge in [-0.1, -0.05) is 6.92 Å². The largest absolute Gasteiger partial charge is 0.349 e. The van der Waals surface area contributed by atoms with Gasteiger partial charge in [-0.25, -0.2) is 4.39 Å². The molecule has 2 unspecified atom stereocenters. The van der Waals surface area contributed by atoms with Crippen molar-refractivity contribution in [1.29, 1.82) is 0 Å². The van der Waals surface area contributed by atoms with Gasteiger partial charge in [-0.2, -0.15) is 0 Å². The zero-order valence-corrected chi connectivity index (χ0v) is 7.96. The Morgan fingerprint density at radius 3 is 2.50 bits per heavy atom. The van der Waals surface area contributed by atoms with Gasteiger partial charge in [0.05, 0.1) is 0 Å². The van der Waals surface area contributed by atoms with E-state index in [9.17, 15) is 9.18 Å². The summed E-state index contributed by atoms with van der Waals surface area (Å²) in [6, 6.07) is 5.90. The first-order valence-electron chi connectivity index (χ1n) is 4.73. The molecular weight excluding hydrogens is 181 g/mol. The quantitative estimate of drug-likeness (QED) is 0.764. The van der Waals surface area contributed by atoms with Crippen LogP contribution >= 0.6 is 0 Å². The number of benzene rings is 1. The summed E-state index contributed by atoms with van der Waals surface area (Å²) in [6.07, 6.45) is 1.05. The van der Waals surface area contributed by atoms with Gasteiger partial charge in [0.2, 0.25) is 0 Å². The van der Waals surface area contributed by atoms with Crippen molar-refractivity contribution in [3.8, 4) is 0 Å². The van der Waals surface area contributed by atoms with Crippen LogP contribution in [0.4, 0.5) is 4.39 Å². The van der Waals surface area contributed by atoms with E-state index in [-0.39, 0.29) is 11.7 Å². The molecule has 1 fully saturated rings. The molecule has 3 heteroatoms. The van der Waals surface area contributed by atoms with Gasteiger partial charge < -0.3 is 5.32 Å². The van der Waals surface area contributed by atoms with E-state index in [2.05, 4.69) is 12.2 Å². The van der Waals surface area contributed by atoms with E-state index in [0.29, 0.717) is 17.5 Å². The second-order valence-corrected chi connectivity index (χ2v) is 3.80. The topological polar surface area (TPSA) is 29.1 Å². The molecule has 0 bridgehead atoms. The molecule has 2 rings (SSSR count). The molecule has 2 nitrogen and oxygen atoms in total. The fourth-order valence-corrected chi connectivity index (χ4v) is 1.38. The number of carbonyl (C=O) groups excluding carboxylic acids is 1. The van der Waals surface area contributed by atoms with Crippen LogP contribution in [0.2, 0.25) is 0 Å². The van der Waals surface area contributed by atoms with Crippen molar-refractivity contribution in [2.75, 3.05) is 0 Å². The highest BCUT2D eigenvalue weighted by molar-refractivity contribution is 5.94. The molecule has 1 aromatic rings. The minimum absolute atomic E-state index is 0.112. The van der Waals surface area contributed by atoms with Gasteiger partial charge in [-0.15, -0.1) is 0 Å². The minimum Gasteiger partial charge on any atom is -0.349 e. The Morgan fingerprint density at radius 1 is 1.43 bits per heavy atom. The number of amides is 1. The fraction of sp³-hybridized carbons (Fsp3) is 0.364. The third-order valence-electron chi connectivity index (χ3n) is 2.53. The highest BCUT2D eigenvalue weighted by Crippen LogP contribution is 2.29. The predicted molar refractivity (Wildman–Crippen MR) is 51.4 cm³/mol. The summed E-state index contributed by atoms with van der Waals surface area (Å²) in [5, 5.41) is 2.88. The lowest BCUT2D eigenvalue weighted by Gasteiger charge is -2.02. The van der Waals surface area contributed by atoms with Crippen LogP contribution in [0.15, 0.2) is 24.3 Å². The minimum atomic E-state index is -0.318. The normalized spacial score (nSPS) is 24.4. The Hall–Kier alpha value is -1.38. The number of carbonyl (C=O) groups is 1. The Balaban J connectivity index is 2.00. The zero-order chi connectivity index (χ0) is 10.1. The van der Waals surface area contributed by atoms with Gasteiger partial charge in [0.15, 0.2) is 0 Å². The SMILES string of the molecule is CC1CC1NC(=O)c1ccc(F)cc1. The van der Waals surface area contributed by atoms with Crippen LogP contribution in [0.1, 0.15) is 23.7 Å². The van der Waals surface area contributed by atoms with Crippen molar-refractivity contribution in [1.82, 2.24) is 5.32 Å². The number of hydrogen-bond acceptors (Lipinski definition) is 1. The van der Waals surface area contributed by atoms with E-state index >= 15 is 0 Å². The van der Waals surface area contributed by atoms with Crippen molar-refractivity contribution in [3.63, 3.8) is 0 Å². The lowest BCUT2D eigenvalue weighted by atomic mass is 10.2. The van der Waals surface area contributed by atoms with E-state index in [1.54, 1.807) is 0 Å². The van der Waals surface area contributed by atoms with Crippen LogP contribution < -0.4 is 5.32 Å². The van der Waals surface area contributed by atoms with Crippen LogP contribution in [0.3, 0.4) is 0 Å². The molecule has 0 radical (unpaired) electrons. The van der Waals surface area contributed by atoms with E-state index in [1.807, 2.05) is 0 Å². The first-order chi connectivity index (χ1) is 6.66. The van der Waals surface area contributed by atoms with Crippen LogP contribution in [-0.2, 0) is 0 Å². The van der Waals surface area contributed by atoms with E-state index in [0.717, 1.165) is 6.42 Å². The van der Waals surface area contributed by atoms with E-state index < -0.39 is 0 Å². The maximum atomic E-state index is 12.6. The van der Waals surface area contributed by atoms with E-state index in [1.165, 1.54) is 24.3 Å². The molecule has 0 spiro atoms. The highest BCUT2D eigenvalue weighted by atomic mass is 19.1. The van der Waals surface area contributed by atoms with Gasteiger partial charge in [0.25, 0.3) is 5.91 Å². The maximum absolute atomic E-state index is 12.6. The molecule has 0 aliphatic heterocycles.